The van der Waals surface area contributed by atoms with Crippen LogP contribution < -0.4 is 11.1 Å². The van der Waals surface area contributed by atoms with Crippen LogP contribution in [0.1, 0.15) is 21.5 Å². The molecule has 0 atom stereocenters. The highest BCUT2D eigenvalue weighted by Gasteiger charge is 2.12. The second kappa shape index (κ2) is 5.85. The Kier molecular flexibility index (Phi) is 4.35. The maximum Gasteiger partial charge on any atom is 0.255 e. The SMILES string of the molecule is Cc1ccc(N)c(NC(=O)c2cc(Cl)cc(Br)c2)c1C. The number of nitrogen functional groups attached to an aromatic ring is 1. The van der Waals surface area contributed by atoms with E-state index in [-0.39, 0.29) is 5.91 Å². The molecular formula is C15H14BrClN2O. The Morgan fingerprint density at radius 2 is 1.95 bits per heavy atom. The largest absolute Gasteiger partial charge is 0.397 e. The van der Waals surface area contributed by atoms with Crippen LogP contribution in [0, 0.1) is 13.8 Å². The first-order chi connectivity index (χ1) is 9.38. The lowest BCUT2D eigenvalue weighted by molar-refractivity contribution is 0.102. The number of rotatable bonds is 2. The van der Waals surface area contributed by atoms with E-state index in [1.54, 1.807) is 24.3 Å². The van der Waals surface area contributed by atoms with Gasteiger partial charge >= 0.3 is 0 Å². The second-order valence-electron chi connectivity index (χ2n) is 4.58. The molecule has 1 amide bonds. The maximum absolute atomic E-state index is 12.3. The Morgan fingerprint density at radius 3 is 2.60 bits per heavy atom. The van der Waals surface area contributed by atoms with Crippen LogP contribution in [0.15, 0.2) is 34.8 Å². The molecule has 0 heterocycles. The first-order valence-electron chi connectivity index (χ1n) is 6.01. The smallest absolute Gasteiger partial charge is 0.255 e. The topological polar surface area (TPSA) is 55.1 Å². The zero-order valence-corrected chi connectivity index (χ0v) is 13.5. The number of hydrogen-bond acceptors (Lipinski definition) is 2. The summed E-state index contributed by atoms with van der Waals surface area (Å²) in [6.45, 7) is 3.90. The molecule has 0 fully saturated rings. The Labute approximate surface area is 131 Å². The predicted octanol–water partition coefficient (Wildman–Crippen LogP) is 4.55. The van der Waals surface area contributed by atoms with E-state index in [2.05, 4.69) is 21.2 Å². The summed E-state index contributed by atoms with van der Waals surface area (Å²) in [5.41, 5.74) is 9.62. The van der Waals surface area contributed by atoms with Gasteiger partial charge in [-0.3, -0.25) is 4.79 Å². The summed E-state index contributed by atoms with van der Waals surface area (Å²) in [5.74, 6) is -0.242. The molecule has 0 saturated heterocycles. The zero-order chi connectivity index (χ0) is 14.9. The highest BCUT2D eigenvalue weighted by Crippen LogP contribution is 2.27. The molecule has 0 aliphatic rings. The van der Waals surface area contributed by atoms with Gasteiger partial charge in [-0.05, 0) is 49.2 Å². The summed E-state index contributed by atoms with van der Waals surface area (Å²) < 4.78 is 0.754. The number of benzene rings is 2. The van der Waals surface area contributed by atoms with Gasteiger partial charge in [0.1, 0.15) is 0 Å². The summed E-state index contributed by atoms with van der Waals surface area (Å²) in [5, 5.41) is 3.35. The van der Waals surface area contributed by atoms with Crippen LogP contribution in [0.4, 0.5) is 11.4 Å². The van der Waals surface area contributed by atoms with Gasteiger partial charge in [0, 0.05) is 15.1 Å². The Hall–Kier alpha value is -1.52. The fourth-order valence-corrected chi connectivity index (χ4v) is 2.73. The first kappa shape index (κ1) is 14.9. The average molecular weight is 354 g/mol. The molecule has 2 aromatic carbocycles. The molecule has 0 aliphatic carbocycles. The minimum Gasteiger partial charge on any atom is -0.397 e. The lowest BCUT2D eigenvalue weighted by atomic mass is 10.1. The molecule has 104 valence electrons. The molecular weight excluding hydrogens is 340 g/mol. The molecule has 0 bridgehead atoms. The van der Waals surface area contributed by atoms with Gasteiger partial charge in [-0.25, -0.2) is 0 Å². The Morgan fingerprint density at radius 1 is 1.25 bits per heavy atom. The van der Waals surface area contributed by atoms with Gasteiger partial charge in [-0.1, -0.05) is 33.6 Å². The number of anilines is 2. The van der Waals surface area contributed by atoms with E-state index in [1.165, 1.54) is 0 Å². The first-order valence-corrected chi connectivity index (χ1v) is 7.18. The van der Waals surface area contributed by atoms with Crippen LogP contribution in [0.2, 0.25) is 5.02 Å². The van der Waals surface area contributed by atoms with Gasteiger partial charge in [0.2, 0.25) is 0 Å². The summed E-state index contributed by atoms with van der Waals surface area (Å²) in [6, 6.07) is 8.76. The summed E-state index contributed by atoms with van der Waals surface area (Å²) in [6.07, 6.45) is 0. The van der Waals surface area contributed by atoms with Crippen molar-refractivity contribution in [2.75, 3.05) is 11.1 Å². The van der Waals surface area contributed by atoms with Crippen molar-refractivity contribution in [3.8, 4) is 0 Å². The van der Waals surface area contributed by atoms with E-state index < -0.39 is 0 Å². The van der Waals surface area contributed by atoms with Crippen LogP contribution in [0.3, 0.4) is 0 Å². The molecule has 0 aromatic heterocycles. The van der Waals surface area contributed by atoms with Crippen molar-refractivity contribution >= 4 is 44.8 Å². The molecule has 0 unspecified atom stereocenters. The summed E-state index contributed by atoms with van der Waals surface area (Å²) >= 11 is 9.27. The van der Waals surface area contributed by atoms with Crippen LogP contribution in [0.5, 0.6) is 0 Å². The van der Waals surface area contributed by atoms with Gasteiger partial charge in [-0.15, -0.1) is 0 Å². The molecule has 0 spiro atoms. The summed E-state index contributed by atoms with van der Waals surface area (Å²) in [4.78, 5) is 12.3. The van der Waals surface area contributed by atoms with Crippen LogP contribution >= 0.6 is 27.5 Å². The van der Waals surface area contributed by atoms with Crippen LogP contribution in [-0.4, -0.2) is 5.91 Å². The monoisotopic (exact) mass is 352 g/mol. The minimum absolute atomic E-state index is 0.242. The molecule has 3 N–H and O–H groups in total. The molecule has 0 radical (unpaired) electrons. The standard InChI is InChI=1S/C15H14BrClN2O/c1-8-3-4-13(18)14(9(8)2)19-15(20)10-5-11(16)7-12(17)6-10/h3-7H,18H2,1-2H3,(H,19,20). The van der Waals surface area contributed by atoms with Crippen molar-refractivity contribution in [1.29, 1.82) is 0 Å². The number of amides is 1. The van der Waals surface area contributed by atoms with Crippen molar-refractivity contribution < 1.29 is 4.79 Å². The number of halogens is 2. The lowest BCUT2D eigenvalue weighted by Crippen LogP contribution is -2.14. The van der Waals surface area contributed by atoms with Crippen molar-refractivity contribution in [2.45, 2.75) is 13.8 Å². The molecule has 2 rings (SSSR count). The third-order valence-corrected chi connectivity index (χ3v) is 3.81. The third kappa shape index (κ3) is 3.14. The zero-order valence-electron chi connectivity index (χ0n) is 11.1. The van der Waals surface area contributed by atoms with E-state index in [0.717, 1.165) is 15.6 Å². The van der Waals surface area contributed by atoms with Crippen molar-refractivity contribution in [3.05, 3.63) is 56.5 Å². The Bertz CT molecular complexity index is 666. The van der Waals surface area contributed by atoms with Gasteiger partial charge in [0.15, 0.2) is 0 Å². The minimum atomic E-state index is -0.242. The number of hydrogen-bond donors (Lipinski definition) is 2. The van der Waals surface area contributed by atoms with E-state index in [1.807, 2.05) is 19.9 Å². The fourth-order valence-electron chi connectivity index (χ4n) is 1.87. The van der Waals surface area contributed by atoms with E-state index in [4.69, 9.17) is 17.3 Å². The molecule has 3 nitrogen and oxygen atoms in total. The van der Waals surface area contributed by atoms with Gasteiger partial charge < -0.3 is 11.1 Å². The summed E-state index contributed by atoms with van der Waals surface area (Å²) in [7, 11) is 0. The van der Waals surface area contributed by atoms with Crippen LogP contribution in [-0.2, 0) is 0 Å². The molecule has 20 heavy (non-hydrogen) atoms. The highest BCUT2D eigenvalue weighted by atomic mass is 79.9. The van der Waals surface area contributed by atoms with Gasteiger partial charge in [0.25, 0.3) is 5.91 Å². The number of carbonyl (C=O) groups is 1. The average Bonchev–Trinajstić information content (AvgIpc) is 2.38. The predicted molar refractivity (Wildman–Crippen MR) is 87.4 cm³/mol. The number of carbonyl (C=O) groups excluding carboxylic acids is 1. The van der Waals surface area contributed by atoms with Crippen molar-refractivity contribution in [2.24, 2.45) is 0 Å². The van der Waals surface area contributed by atoms with Crippen molar-refractivity contribution in [1.82, 2.24) is 0 Å². The molecule has 0 saturated carbocycles. The highest BCUT2D eigenvalue weighted by molar-refractivity contribution is 9.10. The van der Waals surface area contributed by atoms with Crippen LogP contribution in [0.25, 0.3) is 0 Å². The lowest BCUT2D eigenvalue weighted by Gasteiger charge is -2.13. The fraction of sp³-hybridized carbons (Fsp3) is 0.133. The Balaban J connectivity index is 2.35. The van der Waals surface area contributed by atoms with E-state index in [0.29, 0.717) is 22.0 Å². The van der Waals surface area contributed by atoms with E-state index >= 15 is 0 Å². The quantitative estimate of drug-likeness (QED) is 0.778. The molecule has 2 aromatic rings. The normalized spacial score (nSPS) is 10.4. The number of nitrogens with two attached hydrogens (primary N) is 1. The van der Waals surface area contributed by atoms with Gasteiger partial charge in [0.05, 0.1) is 11.4 Å². The van der Waals surface area contributed by atoms with Crippen molar-refractivity contribution in [3.63, 3.8) is 0 Å². The van der Waals surface area contributed by atoms with E-state index in [9.17, 15) is 4.79 Å². The maximum atomic E-state index is 12.3. The molecule has 0 aliphatic heterocycles. The number of nitrogens with one attached hydrogen (secondary N) is 1. The number of aryl methyl sites for hydroxylation is 1. The molecule has 5 heteroatoms. The third-order valence-electron chi connectivity index (χ3n) is 3.13. The second-order valence-corrected chi connectivity index (χ2v) is 5.94. The van der Waals surface area contributed by atoms with Gasteiger partial charge in [-0.2, -0.15) is 0 Å².